The summed E-state index contributed by atoms with van der Waals surface area (Å²) >= 11 is 3.41. The molecule has 0 saturated carbocycles. The number of nitrogen functional groups attached to an aromatic ring is 1. The van der Waals surface area contributed by atoms with E-state index in [9.17, 15) is 0 Å². The Balaban J connectivity index is 1.86. The molecule has 1 unspecified atom stereocenters. The first-order valence-corrected chi connectivity index (χ1v) is 8.91. The van der Waals surface area contributed by atoms with Crippen molar-refractivity contribution in [3.05, 3.63) is 21.9 Å². The average molecular weight is 307 g/mol. The Morgan fingerprint density at radius 3 is 3.05 bits per heavy atom. The summed E-state index contributed by atoms with van der Waals surface area (Å²) in [5.74, 6) is 0. The van der Waals surface area contributed by atoms with Crippen molar-refractivity contribution < 1.29 is 0 Å². The SMILES string of the molecule is CCC1CCCN1Cc1sc(N)nc1-c1cc(C)cs1. The number of aromatic nitrogens is 1. The predicted octanol–water partition coefficient (Wildman–Crippen LogP) is 4.14. The minimum absolute atomic E-state index is 0.688. The smallest absolute Gasteiger partial charge is 0.180 e. The first kappa shape index (κ1) is 14.0. The van der Waals surface area contributed by atoms with Gasteiger partial charge in [0.15, 0.2) is 5.13 Å². The Bertz CT molecular complexity index is 588. The number of hydrogen-bond donors (Lipinski definition) is 1. The Labute approximate surface area is 128 Å². The number of likely N-dealkylation sites (tertiary alicyclic amines) is 1. The largest absolute Gasteiger partial charge is 0.375 e. The van der Waals surface area contributed by atoms with Crippen LogP contribution in [0.25, 0.3) is 10.6 Å². The van der Waals surface area contributed by atoms with E-state index in [1.54, 1.807) is 22.7 Å². The molecule has 3 nitrogen and oxygen atoms in total. The number of nitrogens with two attached hydrogens (primary N) is 1. The highest BCUT2D eigenvalue weighted by Crippen LogP contribution is 2.35. The van der Waals surface area contributed by atoms with E-state index in [-0.39, 0.29) is 0 Å². The van der Waals surface area contributed by atoms with Crippen molar-refractivity contribution in [2.45, 2.75) is 45.7 Å². The zero-order valence-electron chi connectivity index (χ0n) is 12.1. The molecule has 3 heterocycles. The summed E-state index contributed by atoms with van der Waals surface area (Å²) in [4.78, 5) is 9.73. The fraction of sp³-hybridized carbons (Fsp3) is 0.533. The molecule has 2 N–H and O–H groups in total. The summed E-state index contributed by atoms with van der Waals surface area (Å²) in [6, 6.07) is 2.94. The van der Waals surface area contributed by atoms with Gasteiger partial charge in [0, 0.05) is 17.5 Å². The molecule has 20 heavy (non-hydrogen) atoms. The van der Waals surface area contributed by atoms with E-state index >= 15 is 0 Å². The monoisotopic (exact) mass is 307 g/mol. The number of anilines is 1. The maximum atomic E-state index is 5.96. The molecule has 0 aliphatic carbocycles. The summed E-state index contributed by atoms with van der Waals surface area (Å²) in [6.45, 7) is 6.62. The van der Waals surface area contributed by atoms with E-state index in [0.717, 1.165) is 18.3 Å². The third-order valence-corrected chi connectivity index (χ3v) is 5.92. The Kier molecular flexibility index (Phi) is 4.10. The van der Waals surface area contributed by atoms with Crippen molar-refractivity contribution in [3.8, 4) is 10.6 Å². The minimum Gasteiger partial charge on any atom is -0.375 e. The van der Waals surface area contributed by atoms with Crippen LogP contribution in [0, 0.1) is 6.92 Å². The molecule has 0 amide bonds. The molecule has 0 radical (unpaired) electrons. The van der Waals surface area contributed by atoms with Gasteiger partial charge in [-0.2, -0.15) is 0 Å². The minimum atomic E-state index is 0.688. The number of thiazole rings is 1. The van der Waals surface area contributed by atoms with Gasteiger partial charge in [-0.15, -0.1) is 22.7 Å². The van der Waals surface area contributed by atoms with Gasteiger partial charge >= 0.3 is 0 Å². The van der Waals surface area contributed by atoms with Gasteiger partial charge < -0.3 is 5.73 Å². The zero-order chi connectivity index (χ0) is 14.1. The molecular weight excluding hydrogens is 286 g/mol. The van der Waals surface area contributed by atoms with Crippen molar-refractivity contribution in [1.29, 1.82) is 0 Å². The van der Waals surface area contributed by atoms with Crippen LogP contribution in [0.2, 0.25) is 0 Å². The summed E-state index contributed by atoms with van der Waals surface area (Å²) in [7, 11) is 0. The Morgan fingerprint density at radius 1 is 1.50 bits per heavy atom. The normalized spacial score (nSPS) is 19.8. The van der Waals surface area contributed by atoms with Crippen LogP contribution in [0.1, 0.15) is 36.6 Å². The second kappa shape index (κ2) is 5.84. The highest BCUT2D eigenvalue weighted by molar-refractivity contribution is 7.17. The third-order valence-electron chi connectivity index (χ3n) is 3.99. The second-order valence-electron chi connectivity index (χ2n) is 5.49. The van der Waals surface area contributed by atoms with Gasteiger partial charge in [0.2, 0.25) is 0 Å². The van der Waals surface area contributed by atoms with Crippen LogP contribution in [-0.4, -0.2) is 22.5 Å². The summed E-state index contributed by atoms with van der Waals surface area (Å²) in [6.07, 6.45) is 3.89. The van der Waals surface area contributed by atoms with Crippen molar-refractivity contribution >= 4 is 27.8 Å². The maximum Gasteiger partial charge on any atom is 0.180 e. The molecule has 1 fully saturated rings. The molecule has 1 aliphatic rings. The predicted molar refractivity (Wildman–Crippen MR) is 88.3 cm³/mol. The molecule has 1 saturated heterocycles. The topological polar surface area (TPSA) is 42.1 Å². The molecule has 0 aromatic carbocycles. The fourth-order valence-corrected chi connectivity index (χ4v) is 4.83. The lowest BCUT2D eigenvalue weighted by Crippen LogP contribution is -2.27. The van der Waals surface area contributed by atoms with E-state index in [1.807, 2.05) is 0 Å². The molecule has 108 valence electrons. The number of rotatable bonds is 4. The van der Waals surface area contributed by atoms with Crippen molar-refractivity contribution in [3.63, 3.8) is 0 Å². The van der Waals surface area contributed by atoms with Crippen LogP contribution < -0.4 is 5.73 Å². The quantitative estimate of drug-likeness (QED) is 0.923. The van der Waals surface area contributed by atoms with Crippen molar-refractivity contribution in [1.82, 2.24) is 9.88 Å². The van der Waals surface area contributed by atoms with Crippen molar-refractivity contribution in [2.75, 3.05) is 12.3 Å². The van der Waals surface area contributed by atoms with Crippen LogP contribution in [0.15, 0.2) is 11.4 Å². The lowest BCUT2D eigenvalue weighted by Gasteiger charge is -2.22. The van der Waals surface area contributed by atoms with Gasteiger partial charge in [0.05, 0.1) is 10.6 Å². The molecule has 5 heteroatoms. The van der Waals surface area contributed by atoms with Crippen LogP contribution >= 0.6 is 22.7 Å². The van der Waals surface area contributed by atoms with Crippen LogP contribution in [-0.2, 0) is 6.54 Å². The van der Waals surface area contributed by atoms with Gasteiger partial charge in [-0.25, -0.2) is 4.98 Å². The first-order chi connectivity index (χ1) is 9.67. The molecule has 0 spiro atoms. The Morgan fingerprint density at radius 2 is 2.35 bits per heavy atom. The number of aryl methyl sites for hydroxylation is 1. The van der Waals surface area contributed by atoms with Crippen LogP contribution in [0.5, 0.6) is 0 Å². The van der Waals surface area contributed by atoms with Gasteiger partial charge in [-0.05, 0) is 49.7 Å². The summed E-state index contributed by atoms with van der Waals surface area (Å²) in [5, 5.41) is 2.87. The van der Waals surface area contributed by atoms with Gasteiger partial charge in [0.25, 0.3) is 0 Å². The maximum absolute atomic E-state index is 5.96. The van der Waals surface area contributed by atoms with Gasteiger partial charge in [0.1, 0.15) is 0 Å². The summed E-state index contributed by atoms with van der Waals surface area (Å²) < 4.78 is 0. The highest BCUT2D eigenvalue weighted by Gasteiger charge is 2.25. The Hall–Kier alpha value is -0.910. The fourth-order valence-electron chi connectivity index (χ4n) is 2.98. The van der Waals surface area contributed by atoms with E-state index in [4.69, 9.17) is 5.73 Å². The van der Waals surface area contributed by atoms with Crippen LogP contribution in [0.4, 0.5) is 5.13 Å². The molecule has 0 bridgehead atoms. The number of nitrogens with zero attached hydrogens (tertiary/aromatic N) is 2. The lowest BCUT2D eigenvalue weighted by atomic mass is 10.1. The van der Waals surface area contributed by atoms with Gasteiger partial charge in [-0.1, -0.05) is 6.92 Å². The molecule has 1 atom stereocenters. The standard InChI is InChI=1S/C15H21N3S2/c1-3-11-5-4-6-18(11)8-13-14(17-15(16)20-13)12-7-10(2)9-19-12/h7,9,11H,3-6,8H2,1-2H3,(H2,16,17). The second-order valence-corrected chi connectivity index (χ2v) is 7.51. The number of hydrogen-bond acceptors (Lipinski definition) is 5. The van der Waals surface area contributed by atoms with E-state index in [2.05, 4.69) is 35.2 Å². The zero-order valence-corrected chi connectivity index (χ0v) is 13.7. The average Bonchev–Trinajstić information content (AvgIpc) is 3.10. The lowest BCUT2D eigenvalue weighted by molar-refractivity contribution is 0.242. The first-order valence-electron chi connectivity index (χ1n) is 7.22. The molecule has 3 rings (SSSR count). The molecule has 2 aromatic rings. The molecular formula is C15H21N3S2. The summed E-state index contributed by atoms with van der Waals surface area (Å²) in [5.41, 5.74) is 8.36. The highest BCUT2D eigenvalue weighted by atomic mass is 32.1. The molecule has 2 aromatic heterocycles. The van der Waals surface area contributed by atoms with E-state index < -0.39 is 0 Å². The molecule has 1 aliphatic heterocycles. The van der Waals surface area contributed by atoms with Gasteiger partial charge in [-0.3, -0.25) is 4.90 Å². The van der Waals surface area contributed by atoms with E-state index in [1.165, 1.54) is 41.1 Å². The van der Waals surface area contributed by atoms with E-state index in [0.29, 0.717) is 5.13 Å². The van der Waals surface area contributed by atoms with Crippen molar-refractivity contribution in [2.24, 2.45) is 0 Å². The van der Waals surface area contributed by atoms with Crippen LogP contribution in [0.3, 0.4) is 0 Å². The number of thiophene rings is 1. The third kappa shape index (κ3) is 2.75.